The van der Waals surface area contributed by atoms with Gasteiger partial charge in [-0.25, -0.2) is 0 Å². The highest BCUT2D eigenvalue weighted by Crippen LogP contribution is 2.14. The van der Waals surface area contributed by atoms with Crippen molar-refractivity contribution in [1.29, 1.82) is 0 Å². The van der Waals surface area contributed by atoms with Gasteiger partial charge >= 0.3 is 0 Å². The topological polar surface area (TPSA) is 87.7 Å². The Bertz CT molecular complexity index is 832. The van der Waals surface area contributed by atoms with E-state index in [1.54, 1.807) is 18.2 Å². The molecule has 37 heavy (non-hydrogen) atoms. The zero-order valence-corrected chi connectivity index (χ0v) is 22.9. The van der Waals surface area contributed by atoms with Crippen molar-refractivity contribution >= 4 is 11.8 Å². The third-order valence-corrected chi connectivity index (χ3v) is 5.89. The number of carbonyl (C=O) groups excluding carboxylic acids is 2. The molecular weight excluding hydrogens is 464 g/mol. The van der Waals surface area contributed by atoms with Crippen LogP contribution in [0.5, 0.6) is 5.75 Å². The number of aromatic hydroxyl groups is 1. The lowest BCUT2D eigenvalue weighted by atomic mass is 10.1. The normalized spacial score (nSPS) is 12.5. The van der Waals surface area contributed by atoms with Crippen LogP contribution in [0.3, 0.4) is 0 Å². The fraction of sp³-hybridized carbons (Fsp3) is 0.548. The maximum absolute atomic E-state index is 12.3. The Kier molecular flexibility index (Phi) is 19.4. The van der Waals surface area contributed by atoms with Gasteiger partial charge in [0, 0.05) is 19.7 Å². The Morgan fingerprint density at radius 1 is 0.838 bits per heavy atom. The summed E-state index contributed by atoms with van der Waals surface area (Å²) in [5.74, 6) is -0.590. The van der Waals surface area contributed by atoms with E-state index in [2.05, 4.69) is 54.0 Å². The van der Waals surface area contributed by atoms with Crippen molar-refractivity contribution in [2.24, 2.45) is 0 Å². The van der Waals surface area contributed by atoms with Crippen LogP contribution in [0.4, 0.5) is 0 Å². The average molecular weight is 513 g/mol. The molecule has 0 saturated heterocycles. The van der Waals surface area contributed by atoms with Gasteiger partial charge in [0.25, 0.3) is 5.91 Å². The summed E-state index contributed by atoms with van der Waals surface area (Å²) in [6, 6.07) is 6.36. The van der Waals surface area contributed by atoms with Gasteiger partial charge in [-0.15, -0.1) is 0 Å². The first-order valence-corrected chi connectivity index (χ1v) is 14.0. The number of benzene rings is 1. The highest BCUT2D eigenvalue weighted by Gasteiger charge is 2.16. The highest BCUT2D eigenvalue weighted by atomic mass is 16.5. The molecule has 0 fully saturated rings. The van der Waals surface area contributed by atoms with E-state index < -0.39 is 6.10 Å². The second kappa shape index (κ2) is 22.3. The zero-order valence-electron chi connectivity index (χ0n) is 22.9. The molecule has 0 aliphatic carbocycles. The van der Waals surface area contributed by atoms with E-state index in [1.807, 2.05) is 6.92 Å². The fourth-order valence-corrected chi connectivity index (χ4v) is 3.74. The van der Waals surface area contributed by atoms with Gasteiger partial charge in [-0.2, -0.15) is 0 Å². The van der Waals surface area contributed by atoms with Gasteiger partial charge in [0.1, 0.15) is 11.9 Å². The van der Waals surface area contributed by atoms with E-state index >= 15 is 0 Å². The van der Waals surface area contributed by atoms with Crippen LogP contribution in [0.15, 0.2) is 60.7 Å². The van der Waals surface area contributed by atoms with Crippen LogP contribution in [0.25, 0.3) is 0 Å². The van der Waals surface area contributed by atoms with E-state index in [9.17, 15) is 14.7 Å². The summed E-state index contributed by atoms with van der Waals surface area (Å²) in [5.41, 5.74) is 0.218. The molecule has 0 aliphatic heterocycles. The molecule has 2 amide bonds. The Balaban J connectivity index is 2.00. The zero-order chi connectivity index (χ0) is 27.0. The standard InChI is InChI=1S/C31H48N2O4/c1-3-5-6-7-8-9-10-11-12-13-14-15-16-17-18-21-26-37-29(4-2)31(36)33-25-24-32-30(35)27-22-19-20-23-28(27)34/h5-6,8-9,11-12,19-20,22-23,29,34H,3-4,7,10,13-18,21,24-26H2,1-2H3,(H,32,35)(H,33,36)/b6-5-,9-8-,12-11-. The SMILES string of the molecule is CC/C=C\C/C=C\C/C=C\CCCCCCCCOC(CC)C(=O)NCCNC(=O)c1ccccc1O. The number of carbonyl (C=O) groups is 2. The molecule has 0 aromatic heterocycles. The second-order valence-corrected chi connectivity index (χ2v) is 9.04. The molecule has 1 atom stereocenters. The third kappa shape index (κ3) is 16.5. The lowest BCUT2D eigenvalue weighted by molar-refractivity contribution is -0.133. The Hall–Kier alpha value is -2.86. The Morgan fingerprint density at radius 2 is 1.46 bits per heavy atom. The molecule has 206 valence electrons. The molecule has 0 aliphatic rings. The number of para-hydroxylation sites is 1. The van der Waals surface area contributed by atoms with Crippen molar-refractivity contribution < 1.29 is 19.4 Å². The van der Waals surface area contributed by atoms with Crippen molar-refractivity contribution in [3.05, 3.63) is 66.3 Å². The molecule has 0 saturated carbocycles. The molecular formula is C31H48N2O4. The highest BCUT2D eigenvalue weighted by molar-refractivity contribution is 5.96. The van der Waals surface area contributed by atoms with Crippen molar-refractivity contribution in [3.63, 3.8) is 0 Å². The first-order valence-electron chi connectivity index (χ1n) is 14.0. The number of nitrogens with one attached hydrogen (secondary N) is 2. The summed E-state index contributed by atoms with van der Waals surface area (Å²) in [5, 5.41) is 15.2. The molecule has 3 N–H and O–H groups in total. The number of hydrogen-bond donors (Lipinski definition) is 3. The van der Waals surface area contributed by atoms with Crippen LogP contribution in [0, 0.1) is 0 Å². The monoisotopic (exact) mass is 512 g/mol. The lowest BCUT2D eigenvalue weighted by Gasteiger charge is -2.16. The van der Waals surface area contributed by atoms with Gasteiger partial charge in [0.15, 0.2) is 0 Å². The van der Waals surface area contributed by atoms with Gasteiger partial charge in [-0.05, 0) is 57.1 Å². The molecule has 1 aromatic carbocycles. The summed E-state index contributed by atoms with van der Waals surface area (Å²) >= 11 is 0. The van der Waals surface area contributed by atoms with Crippen molar-refractivity contribution in [3.8, 4) is 5.75 Å². The Labute approximate surface area is 224 Å². The predicted molar refractivity (Wildman–Crippen MR) is 153 cm³/mol. The number of allylic oxidation sites excluding steroid dienone is 6. The van der Waals surface area contributed by atoms with E-state index in [0.29, 0.717) is 19.6 Å². The largest absolute Gasteiger partial charge is 0.507 e. The van der Waals surface area contributed by atoms with Crippen LogP contribution in [-0.4, -0.2) is 42.7 Å². The average Bonchev–Trinajstić information content (AvgIpc) is 2.90. The molecule has 0 bridgehead atoms. The van der Waals surface area contributed by atoms with E-state index in [0.717, 1.165) is 38.5 Å². The van der Waals surface area contributed by atoms with Crippen LogP contribution < -0.4 is 10.6 Å². The minimum Gasteiger partial charge on any atom is -0.507 e. The summed E-state index contributed by atoms with van der Waals surface area (Å²) in [6.45, 7) is 5.25. The number of hydrogen-bond acceptors (Lipinski definition) is 4. The first-order chi connectivity index (χ1) is 18.1. The number of ether oxygens (including phenoxy) is 1. The van der Waals surface area contributed by atoms with Crippen molar-refractivity contribution in [2.45, 2.75) is 90.6 Å². The van der Waals surface area contributed by atoms with Crippen molar-refractivity contribution in [2.75, 3.05) is 19.7 Å². The number of phenolic OH excluding ortho intramolecular Hbond substituents is 1. The van der Waals surface area contributed by atoms with Gasteiger partial charge in [0.05, 0.1) is 5.56 Å². The third-order valence-electron chi connectivity index (χ3n) is 5.89. The van der Waals surface area contributed by atoms with Crippen LogP contribution in [-0.2, 0) is 9.53 Å². The molecule has 0 spiro atoms. The molecule has 1 unspecified atom stereocenters. The quantitative estimate of drug-likeness (QED) is 0.128. The van der Waals surface area contributed by atoms with Crippen LogP contribution in [0.2, 0.25) is 0 Å². The van der Waals surface area contributed by atoms with Gasteiger partial charge in [-0.3, -0.25) is 9.59 Å². The van der Waals surface area contributed by atoms with Crippen molar-refractivity contribution in [1.82, 2.24) is 10.6 Å². The smallest absolute Gasteiger partial charge is 0.255 e. The molecule has 6 heteroatoms. The van der Waals surface area contributed by atoms with Gasteiger partial charge in [0.2, 0.25) is 5.91 Å². The van der Waals surface area contributed by atoms with Gasteiger partial charge < -0.3 is 20.5 Å². The van der Waals surface area contributed by atoms with E-state index in [1.165, 1.54) is 31.7 Å². The maximum Gasteiger partial charge on any atom is 0.255 e. The van der Waals surface area contributed by atoms with E-state index in [4.69, 9.17) is 4.74 Å². The van der Waals surface area contributed by atoms with Crippen LogP contribution >= 0.6 is 0 Å². The Morgan fingerprint density at radius 3 is 2.16 bits per heavy atom. The number of unbranched alkanes of at least 4 members (excludes halogenated alkanes) is 6. The summed E-state index contributed by atoms with van der Waals surface area (Å²) in [7, 11) is 0. The molecule has 6 nitrogen and oxygen atoms in total. The molecule has 1 rings (SSSR count). The molecule has 0 heterocycles. The number of rotatable bonds is 21. The summed E-state index contributed by atoms with van der Waals surface area (Å²) in [4.78, 5) is 24.4. The minimum absolute atomic E-state index is 0.0640. The molecule has 0 radical (unpaired) electrons. The first kappa shape index (κ1) is 32.2. The second-order valence-electron chi connectivity index (χ2n) is 9.04. The lowest BCUT2D eigenvalue weighted by Crippen LogP contribution is -2.40. The van der Waals surface area contributed by atoms with Gasteiger partial charge in [-0.1, -0.05) is 88.1 Å². The predicted octanol–water partition coefficient (Wildman–Crippen LogP) is 6.62. The summed E-state index contributed by atoms with van der Waals surface area (Å²) in [6.07, 6.45) is 24.8. The minimum atomic E-state index is -0.469. The fourth-order valence-electron chi connectivity index (χ4n) is 3.74. The molecule has 1 aromatic rings. The van der Waals surface area contributed by atoms with E-state index in [-0.39, 0.29) is 29.7 Å². The van der Waals surface area contributed by atoms with Crippen LogP contribution in [0.1, 0.15) is 94.8 Å². The number of phenols is 1. The maximum atomic E-state index is 12.3. The summed E-state index contributed by atoms with van der Waals surface area (Å²) < 4.78 is 5.78. The number of amides is 2.